The van der Waals surface area contributed by atoms with Crippen molar-refractivity contribution < 1.29 is 4.42 Å². The van der Waals surface area contributed by atoms with E-state index in [1.54, 1.807) is 0 Å². The molecule has 1 atom stereocenters. The van der Waals surface area contributed by atoms with Crippen LogP contribution in [0.2, 0.25) is 0 Å². The summed E-state index contributed by atoms with van der Waals surface area (Å²) < 4.78 is 6.52. The molecule has 11 rings (SSSR count). The van der Waals surface area contributed by atoms with Crippen molar-refractivity contribution in [1.82, 2.24) is 15.0 Å². The van der Waals surface area contributed by atoms with E-state index < -0.39 is 0 Å². The van der Waals surface area contributed by atoms with Gasteiger partial charge in [0.1, 0.15) is 11.2 Å². The molecule has 1 aliphatic rings. The summed E-state index contributed by atoms with van der Waals surface area (Å²) in [4.78, 5) is 15.5. The van der Waals surface area contributed by atoms with Gasteiger partial charge in [-0.1, -0.05) is 165 Å². The number of aromatic nitrogens is 3. The van der Waals surface area contributed by atoms with E-state index in [1.165, 1.54) is 27.3 Å². The first-order chi connectivity index (χ1) is 27.7. The minimum Gasteiger partial charge on any atom is -0.456 e. The molecule has 0 saturated heterocycles. The van der Waals surface area contributed by atoms with E-state index in [2.05, 4.69) is 146 Å². The van der Waals surface area contributed by atoms with Crippen LogP contribution in [0.25, 0.3) is 106 Å². The summed E-state index contributed by atoms with van der Waals surface area (Å²) >= 11 is 0. The number of nitrogens with zero attached hydrogens (tertiary/aromatic N) is 3. The molecule has 0 radical (unpaired) electrons. The Morgan fingerprint density at radius 3 is 1.66 bits per heavy atom. The van der Waals surface area contributed by atoms with E-state index in [1.807, 2.05) is 36.4 Å². The number of hydrogen-bond acceptors (Lipinski definition) is 4. The van der Waals surface area contributed by atoms with E-state index >= 15 is 0 Å². The van der Waals surface area contributed by atoms with Crippen LogP contribution in [0.15, 0.2) is 174 Å². The molecule has 1 aliphatic carbocycles. The summed E-state index contributed by atoms with van der Waals surface area (Å²) in [6.07, 6.45) is 5.58. The van der Waals surface area contributed by atoms with Gasteiger partial charge in [0.25, 0.3) is 0 Å². The maximum absolute atomic E-state index is 6.52. The Balaban J connectivity index is 1.10. The van der Waals surface area contributed by atoms with Crippen LogP contribution < -0.4 is 0 Å². The Morgan fingerprint density at radius 2 is 1.00 bits per heavy atom. The van der Waals surface area contributed by atoms with Gasteiger partial charge >= 0.3 is 0 Å². The summed E-state index contributed by atoms with van der Waals surface area (Å²) in [6, 6.07) is 57.5. The predicted molar refractivity (Wildman–Crippen MR) is 231 cm³/mol. The van der Waals surface area contributed by atoms with Gasteiger partial charge in [0.05, 0.1) is 0 Å². The monoisotopic (exact) mass is 717 g/mol. The first-order valence-corrected chi connectivity index (χ1v) is 19.3. The lowest BCUT2D eigenvalue weighted by atomic mass is 9.85. The highest BCUT2D eigenvalue weighted by molar-refractivity contribution is 6.21. The lowest BCUT2D eigenvalue weighted by molar-refractivity contribution is 0.668. The molecule has 0 N–H and O–H groups in total. The molecule has 0 fully saturated rings. The van der Waals surface area contributed by atoms with Crippen molar-refractivity contribution in [3.05, 3.63) is 181 Å². The molecule has 264 valence electrons. The molecule has 10 aromatic rings. The molecule has 0 aliphatic heterocycles. The average Bonchev–Trinajstić information content (AvgIpc) is 3.65. The highest BCUT2D eigenvalue weighted by atomic mass is 16.3. The standard InChI is InChI=1S/C52H35N3O/c1-32-13-12-18-34-28-30-44-48(46(32)34)43-29-27-38(31-45(43)56-44)33-23-25-35(26-24-33)47-41-21-10-8-19-39(41)40-20-9-11-22-42(40)49(47)52-54-50(36-14-4-2-5-15-36)53-51(55-52)37-16-6-3-7-17-37/h2-12,14-32H,13H2,1H3. The van der Waals surface area contributed by atoms with Crippen molar-refractivity contribution >= 4 is 49.6 Å². The molecular weight excluding hydrogens is 683 g/mol. The highest BCUT2D eigenvalue weighted by Gasteiger charge is 2.23. The minimum atomic E-state index is 0.454. The summed E-state index contributed by atoms with van der Waals surface area (Å²) in [7, 11) is 0. The van der Waals surface area contributed by atoms with Crippen LogP contribution in [-0.2, 0) is 0 Å². The molecule has 2 aromatic heterocycles. The van der Waals surface area contributed by atoms with Gasteiger partial charge in [0.2, 0.25) is 0 Å². The Morgan fingerprint density at radius 1 is 0.446 bits per heavy atom. The molecule has 2 heterocycles. The summed E-state index contributed by atoms with van der Waals surface area (Å²) in [5.74, 6) is 2.37. The first-order valence-electron chi connectivity index (χ1n) is 19.3. The predicted octanol–water partition coefficient (Wildman–Crippen LogP) is 13.9. The maximum atomic E-state index is 6.52. The molecule has 8 aromatic carbocycles. The van der Waals surface area contributed by atoms with Gasteiger partial charge in [0, 0.05) is 33.0 Å². The number of hydrogen-bond donors (Lipinski definition) is 0. The van der Waals surface area contributed by atoms with E-state index in [-0.39, 0.29) is 0 Å². The second-order valence-corrected chi connectivity index (χ2v) is 14.8. The molecule has 0 amide bonds. The zero-order valence-corrected chi connectivity index (χ0v) is 30.8. The van der Waals surface area contributed by atoms with Crippen LogP contribution in [0.3, 0.4) is 0 Å². The van der Waals surface area contributed by atoms with E-state index in [0.717, 1.165) is 72.7 Å². The smallest absolute Gasteiger partial charge is 0.165 e. The van der Waals surface area contributed by atoms with E-state index in [4.69, 9.17) is 19.4 Å². The zero-order valence-electron chi connectivity index (χ0n) is 30.8. The first kappa shape index (κ1) is 32.3. The fourth-order valence-electron chi connectivity index (χ4n) is 8.71. The fraction of sp³-hybridized carbons (Fsp3) is 0.0577. The molecule has 4 heteroatoms. The van der Waals surface area contributed by atoms with Crippen LogP contribution in [0.4, 0.5) is 0 Å². The lowest BCUT2D eigenvalue weighted by Gasteiger charge is -2.18. The molecule has 0 saturated carbocycles. The van der Waals surface area contributed by atoms with Crippen molar-refractivity contribution in [3.63, 3.8) is 0 Å². The molecule has 56 heavy (non-hydrogen) atoms. The quantitative estimate of drug-likeness (QED) is 0.166. The zero-order chi connectivity index (χ0) is 37.2. The number of furan rings is 1. The number of fused-ring (bicyclic) bond motifs is 8. The third-order valence-electron chi connectivity index (χ3n) is 11.4. The SMILES string of the molecule is CC1CC=Cc2ccc3oc4cc(-c5ccc(-c6c(-c7nc(-c8ccccc8)nc(-c8ccccc8)n7)c7ccccc7c7ccccc67)cc5)ccc4c3c21. The van der Waals surface area contributed by atoms with Gasteiger partial charge in [-0.25, -0.2) is 15.0 Å². The Labute approximate surface area is 324 Å². The largest absolute Gasteiger partial charge is 0.456 e. The molecule has 4 nitrogen and oxygen atoms in total. The van der Waals surface area contributed by atoms with Crippen molar-refractivity contribution in [3.8, 4) is 56.4 Å². The second-order valence-electron chi connectivity index (χ2n) is 14.8. The van der Waals surface area contributed by atoms with Crippen molar-refractivity contribution in [2.45, 2.75) is 19.3 Å². The summed E-state index contributed by atoms with van der Waals surface area (Å²) in [5.41, 5.74) is 11.8. The minimum absolute atomic E-state index is 0.454. The van der Waals surface area contributed by atoms with Crippen LogP contribution in [0.1, 0.15) is 30.4 Å². The summed E-state index contributed by atoms with van der Waals surface area (Å²) in [6.45, 7) is 2.31. The van der Waals surface area contributed by atoms with E-state index in [9.17, 15) is 0 Å². The van der Waals surface area contributed by atoms with Gasteiger partial charge in [-0.2, -0.15) is 0 Å². The Kier molecular flexibility index (Phi) is 7.49. The van der Waals surface area contributed by atoms with E-state index in [0.29, 0.717) is 23.4 Å². The molecule has 1 unspecified atom stereocenters. The van der Waals surface area contributed by atoms with Gasteiger partial charge in [-0.3, -0.25) is 0 Å². The van der Waals surface area contributed by atoms with Crippen LogP contribution >= 0.6 is 0 Å². The number of rotatable bonds is 5. The molecule has 0 spiro atoms. The second kappa shape index (κ2) is 13.0. The third kappa shape index (κ3) is 5.25. The van der Waals surface area contributed by atoms with Crippen LogP contribution in [0, 0.1) is 0 Å². The normalized spacial score (nSPS) is 13.8. The maximum Gasteiger partial charge on any atom is 0.165 e. The Hall–Kier alpha value is -7.17. The molecule has 0 bridgehead atoms. The van der Waals surface area contributed by atoms with Crippen LogP contribution in [0.5, 0.6) is 0 Å². The Bertz CT molecular complexity index is 3110. The van der Waals surface area contributed by atoms with Gasteiger partial charge in [-0.05, 0) is 79.9 Å². The van der Waals surface area contributed by atoms with Crippen LogP contribution in [-0.4, -0.2) is 15.0 Å². The summed E-state index contributed by atoms with van der Waals surface area (Å²) in [5, 5.41) is 7.01. The lowest BCUT2D eigenvalue weighted by Crippen LogP contribution is -2.02. The topological polar surface area (TPSA) is 51.8 Å². The average molecular weight is 718 g/mol. The molecular formula is C52H35N3O. The third-order valence-corrected chi connectivity index (χ3v) is 11.4. The highest BCUT2D eigenvalue weighted by Crippen LogP contribution is 2.45. The van der Waals surface area contributed by atoms with Crippen molar-refractivity contribution in [2.24, 2.45) is 0 Å². The van der Waals surface area contributed by atoms with Gasteiger partial charge in [-0.15, -0.1) is 0 Å². The number of benzene rings is 8. The van der Waals surface area contributed by atoms with Gasteiger partial charge < -0.3 is 4.42 Å². The van der Waals surface area contributed by atoms with Crippen molar-refractivity contribution in [1.29, 1.82) is 0 Å². The van der Waals surface area contributed by atoms with Crippen molar-refractivity contribution in [2.75, 3.05) is 0 Å². The van der Waals surface area contributed by atoms with Gasteiger partial charge in [0.15, 0.2) is 17.5 Å². The fourth-order valence-corrected chi connectivity index (χ4v) is 8.71. The number of allylic oxidation sites excluding steroid dienone is 1.